The molecule has 1 fully saturated rings. The Balaban J connectivity index is 2.37. The third kappa shape index (κ3) is 2.10. The molecule has 0 amide bonds. The van der Waals surface area contributed by atoms with Crippen molar-refractivity contribution in [1.29, 1.82) is 0 Å². The molecule has 3 nitrogen and oxygen atoms in total. The summed E-state index contributed by atoms with van der Waals surface area (Å²) in [5, 5.41) is 0. The fourth-order valence-electron chi connectivity index (χ4n) is 2.01. The lowest BCUT2D eigenvalue weighted by atomic mass is 9.94. The van der Waals surface area contributed by atoms with Crippen LogP contribution in [0.25, 0.3) is 0 Å². The first-order valence-corrected chi connectivity index (χ1v) is 6.96. The van der Waals surface area contributed by atoms with Crippen LogP contribution in [0.3, 0.4) is 0 Å². The monoisotopic (exact) mass is 243 g/mol. The van der Waals surface area contributed by atoms with E-state index in [0.717, 1.165) is 5.56 Å². The summed E-state index contributed by atoms with van der Waals surface area (Å²) in [7, 11) is -3.23. The molecule has 0 aromatic heterocycles. The number of halogens is 1. The van der Waals surface area contributed by atoms with Gasteiger partial charge in [-0.1, -0.05) is 24.3 Å². The predicted octanol–water partition coefficient (Wildman–Crippen LogP) is 1.13. The summed E-state index contributed by atoms with van der Waals surface area (Å²) in [6, 6.07) is 6.79. The first-order chi connectivity index (χ1) is 7.45. The Morgan fingerprint density at radius 3 is 2.75 bits per heavy atom. The van der Waals surface area contributed by atoms with Crippen LogP contribution in [0.5, 0.6) is 0 Å². The van der Waals surface area contributed by atoms with Crippen LogP contribution in [0, 0.1) is 0 Å². The number of rotatable bonds is 2. The molecule has 0 saturated carbocycles. The predicted molar refractivity (Wildman–Crippen MR) is 60.4 cm³/mol. The minimum absolute atomic E-state index is 0.0450. The van der Waals surface area contributed by atoms with Crippen LogP contribution in [0.15, 0.2) is 24.3 Å². The quantitative estimate of drug-likeness (QED) is 0.847. The van der Waals surface area contributed by atoms with Gasteiger partial charge in [0.25, 0.3) is 0 Å². The van der Waals surface area contributed by atoms with Gasteiger partial charge in [0, 0.05) is 13.0 Å². The summed E-state index contributed by atoms with van der Waals surface area (Å²) in [5.74, 6) is -0.482. The summed E-state index contributed by atoms with van der Waals surface area (Å²) in [6.07, 6.45) is 0.0450. The van der Waals surface area contributed by atoms with Crippen molar-refractivity contribution in [2.75, 3.05) is 11.5 Å². The second kappa shape index (κ2) is 3.82. The van der Waals surface area contributed by atoms with Crippen LogP contribution in [0.4, 0.5) is 4.39 Å². The average Bonchev–Trinajstić information content (AvgIpc) is 2.55. The van der Waals surface area contributed by atoms with Crippen LogP contribution in [-0.4, -0.2) is 19.9 Å². The lowest BCUT2D eigenvalue weighted by Crippen LogP contribution is -2.21. The molecular formula is C11H14FNO2S. The minimum atomic E-state index is -3.23. The van der Waals surface area contributed by atoms with E-state index in [1.165, 1.54) is 0 Å². The third-order valence-corrected chi connectivity index (χ3v) is 4.66. The highest BCUT2D eigenvalue weighted by molar-refractivity contribution is 7.91. The van der Waals surface area contributed by atoms with Crippen molar-refractivity contribution >= 4 is 9.84 Å². The summed E-state index contributed by atoms with van der Waals surface area (Å²) >= 11 is 0. The van der Waals surface area contributed by atoms with Crippen LogP contribution >= 0.6 is 0 Å². The molecule has 0 radical (unpaired) electrons. The van der Waals surface area contributed by atoms with Gasteiger partial charge in [-0.15, -0.1) is 0 Å². The van der Waals surface area contributed by atoms with E-state index < -0.39 is 21.3 Å². The number of benzene rings is 1. The number of hydrogen-bond acceptors (Lipinski definition) is 3. The highest BCUT2D eigenvalue weighted by Crippen LogP contribution is 2.37. The number of hydrogen-bond donors (Lipinski definition) is 1. The number of sulfone groups is 1. The van der Waals surface area contributed by atoms with Crippen LogP contribution < -0.4 is 5.73 Å². The van der Waals surface area contributed by atoms with Crippen molar-refractivity contribution in [1.82, 2.24) is 0 Å². The highest BCUT2D eigenvalue weighted by atomic mass is 32.2. The van der Waals surface area contributed by atoms with Gasteiger partial charge < -0.3 is 5.73 Å². The first kappa shape index (κ1) is 11.5. The van der Waals surface area contributed by atoms with E-state index in [2.05, 4.69) is 0 Å². The molecule has 1 unspecified atom stereocenters. The fraction of sp³-hybridized carbons (Fsp3) is 0.455. The van der Waals surface area contributed by atoms with Gasteiger partial charge in [-0.2, -0.15) is 0 Å². The van der Waals surface area contributed by atoms with Gasteiger partial charge in [0.2, 0.25) is 0 Å². The molecule has 1 aliphatic heterocycles. The van der Waals surface area contributed by atoms with Gasteiger partial charge in [-0.05, 0) is 11.1 Å². The van der Waals surface area contributed by atoms with E-state index in [9.17, 15) is 12.8 Å². The summed E-state index contributed by atoms with van der Waals surface area (Å²) in [5.41, 5.74) is 4.99. The Kier molecular flexibility index (Phi) is 2.75. The molecule has 1 aliphatic rings. The van der Waals surface area contributed by atoms with E-state index in [4.69, 9.17) is 5.73 Å². The number of alkyl halides is 1. The van der Waals surface area contributed by atoms with Crippen molar-refractivity contribution in [3.05, 3.63) is 35.4 Å². The molecule has 5 heteroatoms. The van der Waals surface area contributed by atoms with Crippen LogP contribution in [0.1, 0.15) is 17.5 Å². The topological polar surface area (TPSA) is 60.2 Å². The lowest BCUT2D eigenvalue weighted by molar-refractivity contribution is 0.202. The Morgan fingerprint density at radius 1 is 1.44 bits per heavy atom. The van der Waals surface area contributed by atoms with Gasteiger partial charge in [0.1, 0.15) is 0 Å². The lowest BCUT2D eigenvalue weighted by Gasteiger charge is -2.18. The minimum Gasteiger partial charge on any atom is -0.326 e. The standard InChI is InChI=1S/C11H14FNO2S/c12-11(4-5-16(14,15)8-11)10-3-1-2-9(6-10)7-13/h1-3,6H,4-5,7-8,13H2. The summed E-state index contributed by atoms with van der Waals surface area (Å²) < 4.78 is 37.1. The Morgan fingerprint density at radius 2 is 2.19 bits per heavy atom. The summed E-state index contributed by atoms with van der Waals surface area (Å²) in [4.78, 5) is 0. The summed E-state index contributed by atoms with van der Waals surface area (Å²) in [6.45, 7) is 0.330. The van der Waals surface area contributed by atoms with Crippen LogP contribution in [0.2, 0.25) is 0 Å². The zero-order chi connectivity index (χ0) is 11.8. The molecule has 0 bridgehead atoms. The molecule has 1 saturated heterocycles. The molecular weight excluding hydrogens is 229 g/mol. The van der Waals surface area contributed by atoms with E-state index >= 15 is 0 Å². The third-order valence-electron chi connectivity index (χ3n) is 2.94. The molecule has 1 heterocycles. The van der Waals surface area contributed by atoms with E-state index in [0.29, 0.717) is 12.1 Å². The SMILES string of the molecule is NCc1cccc(C2(F)CCS(=O)(=O)C2)c1. The van der Waals surface area contributed by atoms with Gasteiger partial charge >= 0.3 is 0 Å². The zero-order valence-electron chi connectivity index (χ0n) is 8.82. The maximum absolute atomic E-state index is 14.4. The maximum atomic E-state index is 14.4. The Bertz CT molecular complexity index is 500. The maximum Gasteiger partial charge on any atom is 0.153 e. The molecule has 1 aromatic carbocycles. The van der Waals surface area contributed by atoms with E-state index in [1.54, 1.807) is 24.3 Å². The van der Waals surface area contributed by atoms with Crippen molar-refractivity contribution in [3.63, 3.8) is 0 Å². The molecule has 1 atom stereocenters. The van der Waals surface area contributed by atoms with Gasteiger partial charge in [0.15, 0.2) is 15.5 Å². The second-order valence-electron chi connectivity index (χ2n) is 4.21. The van der Waals surface area contributed by atoms with E-state index in [-0.39, 0.29) is 12.2 Å². The zero-order valence-corrected chi connectivity index (χ0v) is 9.63. The number of nitrogens with two attached hydrogens (primary N) is 1. The normalized spacial score (nSPS) is 28.1. The molecule has 16 heavy (non-hydrogen) atoms. The van der Waals surface area contributed by atoms with Gasteiger partial charge in [-0.25, -0.2) is 12.8 Å². The first-order valence-electron chi connectivity index (χ1n) is 5.14. The Labute approximate surface area is 94.4 Å². The van der Waals surface area contributed by atoms with Gasteiger partial charge in [-0.3, -0.25) is 0 Å². The molecule has 2 rings (SSSR count). The molecule has 1 aromatic rings. The smallest absolute Gasteiger partial charge is 0.153 e. The van der Waals surface area contributed by atoms with Crippen molar-refractivity contribution in [2.24, 2.45) is 5.73 Å². The Hall–Kier alpha value is -0.940. The van der Waals surface area contributed by atoms with E-state index in [1.807, 2.05) is 0 Å². The van der Waals surface area contributed by atoms with Crippen LogP contribution in [-0.2, 0) is 22.1 Å². The molecule has 2 N–H and O–H groups in total. The average molecular weight is 243 g/mol. The molecule has 88 valence electrons. The second-order valence-corrected chi connectivity index (χ2v) is 6.40. The molecule has 0 aliphatic carbocycles. The van der Waals surface area contributed by atoms with Crippen molar-refractivity contribution in [2.45, 2.75) is 18.6 Å². The fourth-order valence-corrected chi connectivity index (χ4v) is 3.80. The molecule has 0 spiro atoms. The van der Waals surface area contributed by atoms with Gasteiger partial charge in [0.05, 0.1) is 11.5 Å². The van der Waals surface area contributed by atoms with Crippen molar-refractivity contribution in [3.8, 4) is 0 Å². The largest absolute Gasteiger partial charge is 0.326 e. The van der Waals surface area contributed by atoms with Crippen molar-refractivity contribution < 1.29 is 12.8 Å². The highest BCUT2D eigenvalue weighted by Gasteiger charge is 2.44.